The third kappa shape index (κ3) is 2.39. The molecule has 0 saturated carbocycles. The molecule has 132 valence electrons. The summed E-state index contributed by atoms with van der Waals surface area (Å²) in [6.07, 6.45) is 2.03. The van der Waals surface area contributed by atoms with E-state index in [1.165, 1.54) is 53.3 Å². The number of benzene rings is 4. The van der Waals surface area contributed by atoms with Crippen LogP contribution in [0, 0.1) is 0 Å². The average molecular weight is 375 g/mol. The molecule has 2 heterocycles. The molecule has 4 aromatic carbocycles. The maximum atomic E-state index is 3.34. The molecule has 6 aromatic rings. The highest BCUT2D eigenvalue weighted by molar-refractivity contribution is 7.26. The van der Waals surface area contributed by atoms with E-state index in [1.807, 2.05) is 17.5 Å². The molecule has 0 aliphatic carbocycles. The highest BCUT2D eigenvalue weighted by Gasteiger charge is 2.11. The maximum absolute atomic E-state index is 3.34. The molecular formula is C26H17NS. The Labute approximate surface area is 166 Å². The van der Waals surface area contributed by atoms with Crippen LogP contribution in [0.15, 0.2) is 97.2 Å². The molecule has 0 aliphatic heterocycles. The van der Waals surface area contributed by atoms with Gasteiger partial charge in [-0.2, -0.15) is 0 Å². The van der Waals surface area contributed by atoms with Crippen LogP contribution in [0.5, 0.6) is 0 Å². The first kappa shape index (κ1) is 15.7. The van der Waals surface area contributed by atoms with Crippen LogP contribution in [0.1, 0.15) is 0 Å². The van der Waals surface area contributed by atoms with E-state index in [1.54, 1.807) is 0 Å². The van der Waals surface area contributed by atoms with E-state index in [4.69, 9.17) is 0 Å². The average Bonchev–Trinajstić information content (AvgIpc) is 3.37. The van der Waals surface area contributed by atoms with Gasteiger partial charge in [0.2, 0.25) is 0 Å². The lowest BCUT2D eigenvalue weighted by atomic mass is 9.98. The Morgan fingerprint density at radius 3 is 2.18 bits per heavy atom. The summed E-state index contributed by atoms with van der Waals surface area (Å²) >= 11 is 1.87. The highest BCUT2D eigenvalue weighted by atomic mass is 32.1. The summed E-state index contributed by atoms with van der Waals surface area (Å²) in [5.74, 6) is 0. The number of rotatable bonds is 2. The fourth-order valence-electron chi connectivity index (χ4n) is 4.10. The molecule has 0 unspecified atom stereocenters. The number of aromatic amines is 1. The third-order valence-corrected chi connectivity index (χ3v) is 6.60. The van der Waals surface area contributed by atoms with Crippen molar-refractivity contribution in [1.29, 1.82) is 0 Å². The van der Waals surface area contributed by atoms with E-state index in [0.717, 1.165) is 0 Å². The Hall–Kier alpha value is -3.36. The predicted octanol–water partition coefficient (Wildman–Crippen LogP) is 7.87. The summed E-state index contributed by atoms with van der Waals surface area (Å²) in [5, 5.41) is 4.01. The minimum Gasteiger partial charge on any atom is -0.361 e. The van der Waals surface area contributed by atoms with Crippen LogP contribution in [0.3, 0.4) is 0 Å². The summed E-state index contributed by atoms with van der Waals surface area (Å²) < 4.78 is 2.68. The molecule has 1 N–H and O–H groups in total. The fourth-order valence-corrected chi connectivity index (χ4v) is 5.20. The van der Waals surface area contributed by atoms with Crippen molar-refractivity contribution < 1.29 is 0 Å². The van der Waals surface area contributed by atoms with Crippen molar-refractivity contribution in [3.05, 3.63) is 97.2 Å². The van der Waals surface area contributed by atoms with Gasteiger partial charge in [-0.3, -0.25) is 0 Å². The van der Waals surface area contributed by atoms with Crippen molar-refractivity contribution in [1.82, 2.24) is 4.98 Å². The van der Waals surface area contributed by atoms with Gasteiger partial charge in [-0.25, -0.2) is 0 Å². The van der Waals surface area contributed by atoms with E-state index in [9.17, 15) is 0 Å². The van der Waals surface area contributed by atoms with Gasteiger partial charge in [0.1, 0.15) is 0 Å². The first-order valence-electron chi connectivity index (χ1n) is 9.45. The quantitative estimate of drug-likeness (QED) is 0.317. The van der Waals surface area contributed by atoms with Crippen LogP contribution in [0.2, 0.25) is 0 Å². The first-order valence-corrected chi connectivity index (χ1v) is 10.3. The number of hydrogen-bond donors (Lipinski definition) is 1. The minimum atomic E-state index is 1.20. The van der Waals surface area contributed by atoms with Crippen LogP contribution in [-0.4, -0.2) is 4.98 Å². The number of aromatic nitrogens is 1. The Balaban J connectivity index is 1.57. The van der Waals surface area contributed by atoms with Crippen molar-refractivity contribution in [2.45, 2.75) is 0 Å². The highest BCUT2D eigenvalue weighted by Crippen LogP contribution is 2.40. The zero-order valence-electron chi connectivity index (χ0n) is 15.1. The largest absolute Gasteiger partial charge is 0.361 e. The van der Waals surface area contributed by atoms with Crippen LogP contribution in [0.25, 0.3) is 53.3 Å². The molecule has 0 amide bonds. The second-order valence-electron chi connectivity index (χ2n) is 7.14. The van der Waals surface area contributed by atoms with Crippen molar-refractivity contribution >= 4 is 42.4 Å². The van der Waals surface area contributed by atoms with Gasteiger partial charge in [-0.15, -0.1) is 11.3 Å². The van der Waals surface area contributed by atoms with Crippen molar-refractivity contribution in [2.75, 3.05) is 0 Å². The molecule has 2 heteroatoms. The third-order valence-electron chi connectivity index (χ3n) is 5.47. The Morgan fingerprint density at radius 1 is 0.536 bits per heavy atom. The SMILES string of the molecule is c1ccc(-c2cccc(-c3ccc4sc5ccc6[nH]ccc6c5c4c3)c2)cc1. The van der Waals surface area contributed by atoms with E-state index >= 15 is 0 Å². The van der Waals surface area contributed by atoms with Crippen LogP contribution in [-0.2, 0) is 0 Å². The number of nitrogens with one attached hydrogen (secondary N) is 1. The molecule has 0 bridgehead atoms. The number of hydrogen-bond acceptors (Lipinski definition) is 1. The molecule has 0 spiro atoms. The van der Waals surface area contributed by atoms with Gasteiger partial charge >= 0.3 is 0 Å². The normalized spacial score (nSPS) is 11.6. The molecule has 0 aliphatic rings. The topological polar surface area (TPSA) is 15.8 Å². The second-order valence-corrected chi connectivity index (χ2v) is 8.22. The van der Waals surface area contributed by atoms with Crippen molar-refractivity contribution in [2.24, 2.45) is 0 Å². The monoisotopic (exact) mass is 375 g/mol. The number of fused-ring (bicyclic) bond motifs is 5. The lowest BCUT2D eigenvalue weighted by Gasteiger charge is -2.07. The zero-order valence-corrected chi connectivity index (χ0v) is 16.0. The van der Waals surface area contributed by atoms with Crippen LogP contribution in [0.4, 0.5) is 0 Å². The minimum absolute atomic E-state index is 1.20. The zero-order chi connectivity index (χ0) is 18.5. The van der Waals surface area contributed by atoms with E-state index in [-0.39, 0.29) is 0 Å². The van der Waals surface area contributed by atoms with Crippen LogP contribution >= 0.6 is 11.3 Å². The molecule has 0 atom stereocenters. The molecular weight excluding hydrogens is 358 g/mol. The summed E-state index contributed by atoms with van der Waals surface area (Å²) in [6.45, 7) is 0. The van der Waals surface area contributed by atoms with Gasteiger partial charge < -0.3 is 4.98 Å². The van der Waals surface area contributed by atoms with Gasteiger partial charge in [0.15, 0.2) is 0 Å². The summed E-state index contributed by atoms with van der Waals surface area (Å²) in [7, 11) is 0. The van der Waals surface area contributed by atoms with Gasteiger partial charge in [0.05, 0.1) is 0 Å². The van der Waals surface area contributed by atoms with E-state index in [2.05, 4.69) is 96.0 Å². The number of H-pyrrole nitrogens is 1. The van der Waals surface area contributed by atoms with Gasteiger partial charge in [-0.05, 0) is 58.7 Å². The van der Waals surface area contributed by atoms with Gasteiger partial charge in [-0.1, -0.05) is 54.6 Å². The first-order chi connectivity index (χ1) is 13.9. The Kier molecular flexibility index (Phi) is 3.40. The predicted molar refractivity (Wildman–Crippen MR) is 122 cm³/mol. The lowest BCUT2D eigenvalue weighted by molar-refractivity contribution is 1.48. The summed E-state index contributed by atoms with van der Waals surface area (Å²) in [6, 6.07) is 32.9. The molecule has 6 rings (SSSR count). The molecule has 2 aromatic heterocycles. The molecule has 28 heavy (non-hydrogen) atoms. The second kappa shape index (κ2) is 6.08. The fraction of sp³-hybridized carbons (Fsp3) is 0. The Bertz CT molecular complexity index is 1450. The molecule has 1 nitrogen and oxygen atoms in total. The molecule has 0 radical (unpaired) electrons. The lowest BCUT2D eigenvalue weighted by Crippen LogP contribution is -1.81. The van der Waals surface area contributed by atoms with Crippen LogP contribution < -0.4 is 0 Å². The standard InChI is InChI=1S/C26H17NS/c1-2-5-17(6-3-1)18-7-4-8-19(15-18)20-9-11-24-22(16-20)26-21-13-14-27-23(21)10-12-25(26)28-24/h1-16,27H. The summed E-state index contributed by atoms with van der Waals surface area (Å²) in [5.41, 5.74) is 6.21. The molecule has 0 saturated heterocycles. The van der Waals surface area contributed by atoms with Crippen molar-refractivity contribution in [3.63, 3.8) is 0 Å². The van der Waals surface area contributed by atoms with E-state index in [0.29, 0.717) is 0 Å². The van der Waals surface area contributed by atoms with Crippen molar-refractivity contribution in [3.8, 4) is 22.3 Å². The maximum Gasteiger partial charge on any atom is 0.0461 e. The van der Waals surface area contributed by atoms with Gasteiger partial charge in [0, 0.05) is 37.3 Å². The van der Waals surface area contributed by atoms with E-state index < -0.39 is 0 Å². The molecule has 0 fully saturated rings. The number of thiophene rings is 1. The summed E-state index contributed by atoms with van der Waals surface area (Å²) in [4.78, 5) is 3.34. The Morgan fingerprint density at radius 2 is 1.29 bits per heavy atom. The smallest absolute Gasteiger partial charge is 0.0461 e. The van der Waals surface area contributed by atoms with Gasteiger partial charge in [0.25, 0.3) is 0 Å².